The van der Waals surface area contributed by atoms with Crippen LogP contribution in [-0.4, -0.2) is 51.9 Å². The van der Waals surface area contributed by atoms with E-state index in [1.807, 2.05) is 17.4 Å². The van der Waals surface area contributed by atoms with Gasteiger partial charge in [-0.1, -0.05) is 12.1 Å². The number of para-hydroxylation sites is 2. The van der Waals surface area contributed by atoms with Gasteiger partial charge in [-0.3, -0.25) is 4.72 Å². The number of rotatable bonds is 11. The van der Waals surface area contributed by atoms with Gasteiger partial charge in [-0.05, 0) is 72.8 Å². The predicted octanol–water partition coefficient (Wildman–Crippen LogP) is 5.53. The molecule has 9 heteroatoms. The molecule has 184 valence electrons. The number of ether oxygens (including phenoxy) is 2. The minimum absolute atomic E-state index is 0.0236. The molecule has 0 bridgehead atoms. The Morgan fingerprint density at radius 3 is 2.62 bits per heavy atom. The van der Waals surface area contributed by atoms with Crippen LogP contribution in [0.5, 0.6) is 5.75 Å². The standard InChI is InChI=1S/C25H32N2O4S3/c1-19-8-9-24(33-19)25(20-12-17-32-18-20)31-21-10-14-27(15-11-21)13-5-16-30-23-7-4-3-6-22(23)26-34(2,28)29/h3-4,6-9,12,17-18,21,25-26H,5,10-11,13-16H2,1-2H3. The van der Waals surface area contributed by atoms with E-state index in [0.717, 1.165) is 45.2 Å². The lowest BCUT2D eigenvalue weighted by molar-refractivity contribution is -0.0258. The minimum atomic E-state index is -3.34. The molecular weight excluding hydrogens is 488 g/mol. The maximum absolute atomic E-state index is 11.5. The zero-order valence-electron chi connectivity index (χ0n) is 19.6. The summed E-state index contributed by atoms with van der Waals surface area (Å²) in [7, 11) is -3.34. The summed E-state index contributed by atoms with van der Waals surface area (Å²) in [5.41, 5.74) is 1.72. The van der Waals surface area contributed by atoms with Crippen LogP contribution in [0.4, 0.5) is 5.69 Å². The quantitative estimate of drug-likeness (QED) is 0.337. The monoisotopic (exact) mass is 520 g/mol. The van der Waals surface area contributed by atoms with Gasteiger partial charge in [-0.25, -0.2) is 8.42 Å². The molecule has 4 rings (SSSR count). The second kappa shape index (κ2) is 11.7. The van der Waals surface area contributed by atoms with Gasteiger partial charge in [0.15, 0.2) is 0 Å². The third-order valence-electron chi connectivity index (χ3n) is 5.79. The summed E-state index contributed by atoms with van der Waals surface area (Å²) < 4.78 is 38.1. The summed E-state index contributed by atoms with van der Waals surface area (Å²) in [6.45, 7) is 5.65. The topological polar surface area (TPSA) is 67.9 Å². The van der Waals surface area contributed by atoms with Gasteiger partial charge in [0.05, 0.1) is 24.7 Å². The van der Waals surface area contributed by atoms with Gasteiger partial charge in [0.2, 0.25) is 10.0 Å². The molecule has 1 aliphatic rings. The molecule has 1 aromatic carbocycles. The molecule has 1 aliphatic heterocycles. The third-order valence-corrected chi connectivity index (χ3v) is 8.12. The van der Waals surface area contributed by atoms with Crippen LogP contribution in [0, 0.1) is 6.92 Å². The predicted molar refractivity (Wildman–Crippen MR) is 141 cm³/mol. The molecule has 1 fully saturated rings. The Labute approximate surface area is 210 Å². The van der Waals surface area contributed by atoms with Crippen LogP contribution in [-0.2, 0) is 14.8 Å². The molecular formula is C25H32N2O4S3. The summed E-state index contributed by atoms with van der Waals surface area (Å²) in [6.07, 6.45) is 4.34. The Morgan fingerprint density at radius 1 is 1.15 bits per heavy atom. The average Bonchev–Trinajstić information content (AvgIpc) is 3.48. The molecule has 1 saturated heterocycles. The van der Waals surface area contributed by atoms with Crippen LogP contribution in [0.2, 0.25) is 0 Å². The lowest BCUT2D eigenvalue weighted by atomic mass is 10.1. The SMILES string of the molecule is Cc1ccc(C(OC2CCN(CCCOc3ccccc3NS(C)(=O)=O)CC2)c2ccsc2)s1. The molecule has 0 aliphatic carbocycles. The first-order valence-corrected chi connectivity index (χ1v) is 15.2. The van der Waals surface area contributed by atoms with Gasteiger partial charge in [-0.15, -0.1) is 11.3 Å². The summed E-state index contributed by atoms with van der Waals surface area (Å²) in [4.78, 5) is 5.05. The van der Waals surface area contributed by atoms with Crippen molar-refractivity contribution in [1.29, 1.82) is 0 Å². The molecule has 1 N–H and O–H groups in total. The fourth-order valence-electron chi connectivity index (χ4n) is 4.14. The van der Waals surface area contributed by atoms with Crippen molar-refractivity contribution in [2.75, 3.05) is 37.2 Å². The largest absolute Gasteiger partial charge is 0.491 e. The first-order chi connectivity index (χ1) is 16.4. The molecule has 34 heavy (non-hydrogen) atoms. The van der Waals surface area contributed by atoms with Crippen LogP contribution in [0.3, 0.4) is 0 Å². The number of nitrogens with zero attached hydrogens (tertiary/aromatic N) is 1. The second-order valence-corrected chi connectivity index (χ2v) is 12.5. The van der Waals surface area contributed by atoms with E-state index in [2.05, 4.69) is 45.5 Å². The van der Waals surface area contributed by atoms with E-state index in [9.17, 15) is 8.42 Å². The van der Waals surface area contributed by atoms with Crippen LogP contribution < -0.4 is 9.46 Å². The minimum Gasteiger partial charge on any atom is -0.491 e. The van der Waals surface area contributed by atoms with Crippen molar-refractivity contribution in [3.63, 3.8) is 0 Å². The molecule has 0 amide bonds. The van der Waals surface area contributed by atoms with E-state index in [1.165, 1.54) is 15.3 Å². The Kier molecular flexibility index (Phi) is 8.65. The highest BCUT2D eigenvalue weighted by Crippen LogP contribution is 2.35. The zero-order chi connectivity index (χ0) is 24.0. The van der Waals surface area contributed by atoms with E-state index >= 15 is 0 Å². The van der Waals surface area contributed by atoms with Gasteiger partial charge in [-0.2, -0.15) is 11.3 Å². The van der Waals surface area contributed by atoms with Crippen LogP contribution in [0.25, 0.3) is 0 Å². The number of sulfonamides is 1. The van der Waals surface area contributed by atoms with Crippen LogP contribution >= 0.6 is 22.7 Å². The Balaban J connectivity index is 1.22. The highest BCUT2D eigenvalue weighted by atomic mass is 32.2. The molecule has 1 atom stereocenters. The van der Waals surface area contributed by atoms with E-state index < -0.39 is 10.0 Å². The van der Waals surface area contributed by atoms with Crippen LogP contribution in [0.1, 0.15) is 40.7 Å². The number of likely N-dealkylation sites (tertiary alicyclic amines) is 1. The molecule has 2 aromatic heterocycles. The molecule has 3 heterocycles. The van der Waals surface area contributed by atoms with Crippen molar-refractivity contribution in [1.82, 2.24) is 4.90 Å². The smallest absolute Gasteiger partial charge is 0.229 e. The van der Waals surface area contributed by atoms with Gasteiger partial charge >= 0.3 is 0 Å². The highest BCUT2D eigenvalue weighted by molar-refractivity contribution is 7.92. The Bertz CT molecular complexity index is 1140. The average molecular weight is 521 g/mol. The van der Waals surface area contributed by atoms with Gasteiger partial charge in [0, 0.05) is 29.4 Å². The molecule has 0 radical (unpaired) electrons. The number of anilines is 1. The molecule has 0 saturated carbocycles. The number of hydrogen-bond acceptors (Lipinski definition) is 7. The van der Waals surface area contributed by atoms with Crippen molar-refractivity contribution < 1.29 is 17.9 Å². The van der Waals surface area contributed by atoms with E-state index in [0.29, 0.717) is 18.0 Å². The number of nitrogens with one attached hydrogen (secondary N) is 1. The summed E-state index contributed by atoms with van der Waals surface area (Å²) >= 11 is 3.53. The fourth-order valence-corrected chi connectivity index (χ4v) is 6.32. The lowest BCUT2D eigenvalue weighted by Crippen LogP contribution is -2.38. The second-order valence-electron chi connectivity index (χ2n) is 8.63. The first-order valence-electron chi connectivity index (χ1n) is 11.5. The van der Waals surface area contributed by atoms with E-state index in [-0.39, 0.29) is 12.2 Å². The van der Waals surface area contributed by atoms with Crippen molar-refractivity contribution in [3.05, 3.63) is 68.5 Å². The maximum atomic E-state index is 11.5. The summed E-state index contributed by atoms with van der Waals surface area (Å²) in [6, 6.07) is 13.7. The Morgan fingerprint density at radius 2 is 1.94 bits per heavy atom. The molecule has 6 nitrogen and oxygen atoms in total. The van der Waals surface area contributed by atoms with Crippen molar-refractivity contribution >= 4 is 38.4 Å². The third kappa shape index (κ3) is 7.29. The van der Waals surface area contributed by atoms with E-state index in [4.69, 9.17) is 9.47 Å². The molecule has 1 unspecified atom stereocenters. The van der Waals surface area contributed by atoms with Crippen LogP contribution in [0.15, 0.2) is 53.2 Å². The van der Waals surface area contributed by atoms with Crippen molar-refractivity contribution in [2.24, 2.45) is 0 Å². The van der Waals surface area contributed by atoms with E-state index in [1.54, 1.807) is 29.5 Å². The summed E-state index contributed by atoms with van der Waals surface area (Å²) in [5, 5.41) is 4.31. The Hall–Kier alpha value is -1.91. The zero-order valence-corrected chi connectivity index (χ0v) is 22.1. The fraction of sp³-hybridized carbons (Fsp3) is 0.440. The number of hydrogen-bond donors (Lipinski definition) is 1. The number of thiophene rings is 2. The molecule has 3 aromatic rings. The molecule has 0 spiro atoms. The van der Waals surface area contributed by atoms with Gasteiger partial charge in [0.25, 0.3) is 0 Å². The van der Waals surface area contributed by atoms with Crippen molar-refractivity contribution in [2.45, 2.75) is 38.4 Å². The first kappa shape index (κ1) is 25.2. The van der Waals surface area contributed by atoms with Crippen molar-refractivity contribution in [3.8, 4) is 5.75 Å². The maximum Gasteiger partial charge on any atom is 0.229 e. The van der Waals surface area contributed by atoms with Gasteiger partial charge in [0.1, 0.15) is 11.9 Å². The lowest BCUT2D eigenvalue weighted by Gasteiger charge is -2.33. The summed E-state index contributed by atoms with van der Waals surface area (Å²) in [5.74, 6) is 0.559. The number of benzene rings is 1. The number of aryl methyl sites for hydroxylation is 1. The highest BCUT2D eigenvalue weighted by Gasteiger charge is 2.25. The number of piperidine rings is 1. The van der Waals surface area contributed by atoms with Gasteiger partial charge < -0.3 is 14.4 Å². The normalized spacial score (nSPS) is 16.4.